The minimum Gasteiger partial charge on any atom is -0.478 e. The van der Waals surface area contributed by atoms with Crippen molar-refractivity contribution in [2.24, 2.45) is 0 Å². The lowest BCUT2D eigenvalue weighted by Gasteiger charge is -2.44. The molecule has 0 N–H and O–H groups in total. The summed E-state index contributed by atoms with van der Waals surface area (Å²) in [6, 6.07) is 0. The topological polar surface area (TPSA) is 64.7 Å². The van der Waals surface area contributed by atoms with Crippen molar-refractivity contribution >= 4 is 17.7 Å². The quantitative estimate of drug-likeness (QED) is 0.265. The molecule has 0 aromatic carbocycles. The molecule has 0 bridgehead atoms. The highest BCUT2D eigenvalue weighted by molar-refractivity contribution is 7.99. The molecule has 0 radical (unpaired) electrons. The summed E-state index contributed by atoms with van der Waals surface area (Å²) in [6.07, 6.45) is 2.00. The van der Waals surface area contributed by atoms with Crippen molar-refractivity contribution in [1.82, 2.24) is 44.1 Å². The summed E-state index contributed by atoms with van der Waals surface area (Å²) >= 11 is 1.98. The molecule has 408 valence electrons. The fraction of sp³-hybridized carbons (Fsp3) is 0.807. The lowest BCUT2D eigenvalue weighted by molar-refractivity contribution is -0.140. The van der Waals surface area contributed by atoms with Crippen LogP contribution in [0.2, 0.25) is 0 Å². The zero-order chi connectivity index (χ0) is 54.6. The van der Waals surface area contributed by atoms with Gasteiger partial charge >= 0.3 is 0 Å². The monoisotopic (exact) mass is 1000 g/mol. The Morgan fingerprint density at radius 1 is 0.529 bits per heavy atom. The third-order valence-electron chi connectivity index (χ3n) is 13.5. The zero-order valence-corrected chi connectivity index (χ0v) is 50.8. The van der Waals surface area contributed by atoms with Crippen LogP contribution in [0, 0.1) is 0 Å². The van der Waals surface area contributed by atoms with E-state index in [0.717, 1.165) is 102 Å². The number of amides is 1. The molecule has 0 aromatic heterocycles. The third-order valence-corrected chi connectivity index (χ3v) is 14.5. The van der Waals surface area contributed by atoms with Crippen molar-refractivity contribution in [3.8, 4) is 0 Å². The van der Waals surface area contributed by atoms with Crippen molar-refractivity contribution in [3.05, 3.63) is 61.6 Å². The molecular formula is C57H111N9O3S. The fourth-order valence-corrected chi connectivity index (χ4v) is 9.81. The number of carbonyl (C=O) groups is 1. The van der Waals surface area contributed by atoms with Crippen molar-refractivity contribution in [2.45, 2.75) is 176 Å². The molecule has 13 heteroatoms. The van der Waals surface area contributed by atoms with Crippen LogP contribution in [0.3, 0.4) is 0 Å². The predicted octanol–water partition coefficient (Wildman–Crippen LogP) is 10.00. The molecule has 0 atom stereocenters. The first-order valence-electron chi connectivity index (χ1n) is 26.0. The summed E-state index contributed by atoms with van der Waals surface area (Å²) in [7, 11) is 10.2. The Bertz CT molecular complexity index is 1620. The molecular weight excluding hydrogens is 891 g/mol. The molecule has 5 aliphatic heterocycles. The predicted molar refractivity (Wildman–Crippen MR) is 305 cm³/mol. The van der Waals surface area contributed by atoms with E-state index >= 15 is 0 Å². The molecule has 70 heavy (non-hydrogen) atoms. The molecule has 5 heterocycles. The van der Waals surface area contributed by atoms with Gasteiger partial charge in [0.25, 0.3) is 0 Å². The Balaban J connectivity index is 0.000000421. The maximum absolute atomic E-state index is 12.2. The van der Waals surface area contributed by atoms with Gasteiger partial charge in [0.2, 0.25) is 5.91 Å². The van der Waals surface area contributed by atoms with Gasteiger partial charge in [-0.2, -0.15) is 11.8 Å². The molecule has 0 spiro atoms. The van der Waals surface area contributed by atoms with Gasteiger partial charge in [0.15, 0.2) is 5.88 Å². The fourth-order valence-electron chi connectivity index (χ4n) is 8.97. The number of hydrogen-bond acceptors (Lipinski definition) is 12. The highest BCUT2D eigenvalue weighted by Crippen LogP contribution is 2.42. The van der Waals surface area contributed by atoms with E-state index in [1.165, 1.54) is 22.8 Å². The Morgan fingerprint density at radius 2 is 0.914 bits per heavy atom. The Labute approximate surface area is 437 Å². The normalized spacial score (nSPS) is 20.6. The largest absolute Gasteiger partial charge is 0.478 e. The Hall–Kier alpha value is -2.84. The van der Waals surface area contributed by atoms with Gasteiger partial charge in [-0.05, 0) is 172 Å². The van der Waals surface area contributed by atoms with E-state index in [1.807, 2.05) is 37.8 Å². The standard InChI is InChI=1S/C11H22N2O.2C10H20N2.C9H17NO.C9H17NS.C8H15NO/c1-10(2,3)13(6)9(14)11(7-8-11)12(4)5;2*1-9-8-11(5)6-7-12(9)10(2,3)4;2*1-8-7-11-6-5-10(8)9(2,3)4;1-7-9(5-6-10-7)8(2,3)4/h7-8H2,1-6H3;2*1,6-8H2,2-5H3;2*1,5-7H2,2-4H3;1,5-6H2,2-4H3. The third kappa shape index (κ3) is 21.3. The van der Waals surface area contributed by atoms with Crippen molar-refractivity contribution in [1.29, 1.82) is 0 Å². The molecule has 0 unspecified atom stereocenters. The van der Waals surface area contributed by atoms with E-state index in [-0.39, 0.29) is 44.7 Å². The van der Waals surface area contributed by atoms with E-state index < -0.39 is 0 Å². The highest BCUT2D eigenvalue weighted by atomic mass is 32.2. The van der Waals surface area contributed by atoms with E-state index in [2.05, 4.69) is 211 Å². The first-order chi connectivity index (χ1) is 31.6. The second-order valence-corrected chi connectivity index (χ2v) is 27.3. The van der Waals surface area contributed by atoms with E-state index in [9.17, 15) is 4.79 Å². The van der Waals surface area contributed by atoms with Crippen LogP contribution >= 0.6 is 11.8 Å². The highest BCUT2D eigenvalue weighted by Gasteiger charge is 2.54. The van der Waals surface area contributed by atoms with Crippen LogP contribution in [0.1, 0.15) is 137 Å². The number of carbonyl (C=O) groups excluding carboxylic acids is 1. The number of ether oxygens (including phenoxy) is 2. The molecule has 6 fully saturated rings. The van der Waals surface area contributed by atoms with Crippen LogP contribution in [-0.2, 0) is 14.3 Å². The van der Waals surface area contributed by atoms with Gasteiger partial charge in [-0.3, -0.25) is 19.5 Å². The summed E-state index contributed by atoms with van der Waals surface area (Å²) < 4.78 is 10.5. The maximum Gasteiger partial charge on any atom is 0.243 e. The molecule has 6 aliphatic rings. The minimum atomic E-state index is -0.192. The average molecular weight is 1000 g/mol. The van der Waals surface area contributed by atoms with Crippen LogP contribution in [0.15, 0.2) is 61.6 Å². The van der Waals surface area contributed by atoms with E-state index in [1.54, 1.807) is 0 Å². The van der Waals surface area contributed by atoms with Crippen LogP contribution in [0.5, 0.6) is 0 Å². The van der Waals surface area contributed by atoms with Gasteiger partial charge in [0.05, 0.1) is 19.8 Å². The summed E-state index contributed by atoms with van der Waals surface area (Å²) in [4.78, 5) is 32.4. The van der Waals surface area contributed by atoms with Gasteiger partial charge < -0.3 is 38.9 Å². The van der Waals surface area contributed by atoms with Gasteiger partial charge in [0.1, 0.15) is 12.1 Å². The van der Waals surface area contributed by atoms with Crippen molar-refractivity contribution in [3.63, 3.8) is 0 Å². The maximum atomic E-state index is 12.2. The number of piperazine rings is 2. The first kappa shape index (κ1) is 65.2. The Morgan fingerprint density at radius 3 is 1.17 bits per heavy atom. The summed E-state index contributed by atoms with van der Waals surface area (Å²) in [6.45, 7) is 71.4. The molecule has 5 saturated heterocycles. The van der Waals surface area contributed by atoms with Crippen molar-refractivity contribution < 1.29 is 14.3 Å². The summed E-state index contributed by atoms with van der Waals surface area (Å²) in [5.74, 6) is 3.43. The summed E-state index contributed by atoms with van der Waals surface area (Å²) in [5, 5.41) is 0. The SMILES string of the molecule is C=C1CN(C)CCN1C(C)(C)C.C=C1CN(C)CCN1C(C)(C)C.C=C1COCCN1C(C)(C)C.C=C1CSCCN1C(C)(C)C.C=C1OCCN1C(C)(C)C.CN(C(=O)C1(N(C)C)CC1)C(C)(C)C. The minimum absolute atomic E-state index is 0.0807. The van der Waals surface area contributed by atoms with Gasteiger partial charge in [-0.25, -0.2) is 0 Å². The van der Waals surface area contributed by atoms with Gasteiger partial charge in [-0.1, -0.05) is 26.3 Å². The van der Waals surface area contributed by atoms with E-state index in [4.69, 9.17) is 9.47 Å². The molecule has 1 saturated carbocycles. The number of rotatable bonds is 2. The molecule has 12 nitrogen and oxygen atoms in total. The lowest BCUT2D eigenvalue weighted by Crippen LogP contribution is -2.52. The number of likely N-dealkylation sites (N-methyl/N-ethyl adjacent to an activating group) is 4. The summed E-state index contributed by atoms with van der Waals surface area (Å²) in [5.41, 5.74) is 5.69. The number of nitrogens with zero attached hydrogens (tertiary/aromatic N) is 9. The second kappa shape index (κ2) is 26.4. The number of thioether (sulfide) groups is 1. The molecule has 0 aromatic rings. The number of morpholine rings is 1. The van der Waals surface area contributed by atoms with Crippen LogP contribution in [0.4, 0.5) is 0 Å². The first-order valence-corrected chi connectivity index (χ1v) is 27.1. The molecule has 1 amide bonds. The zero-order valence-electron chi connectivity index (χ0n) is 50.0. The van der Waals surface area contributed by atoms with Gasteiger partial charge in [-0.15, -0.1) is 0 Å². The second-order valence-electron chi connectivity index (χ2n) is 26.2. The van der Waals surface area contributed by atoms with Gasteiger partial charge in [0, 0.05) is 127 Å². The van der Waals surface area contributed by atoms with E-state index in [0.29, 0.717) is 6.61 Å². The molecule has 1 aliphatic carbocycles. The van der Waals surface area contributed by atoms with Crippen molar-refractivity contribution in [2.75, 3.05) is 125 Å². The smallest absolute Gasteiger partial charge is 0.243 e. The molecule has 6 rings (SSSR count). The lowest BCUT2D eigenvalue weighted by atomic mass is 10.0. The van der Waals surface area contributed by atoms with Crippen LogP contribution in [-0.4, -0.2) is 214 Å². The Kier molecular flexibility index (Phi) is 24.6. The average Bonchev–Trinajstić information content (AvgIpc) is 3.89. The number of hydrogen-bond donors (Lipinski definition) is 0. The van der Waals surface area contributed by atoms with Crippen LogP contribution in [0.25, 0.3) is 0 Å². The van der Waals surface area contributed by atoms with Crippen LogP contribution < -0.4 is 0 Å².